The zero-order valence-electron chi connectivity index (χ0n) is 11.8. The molecular formula is C15H27NO2. The number of hydrogen-bond acceptors (Lipinski definition) is 2. The fourth-order valence-corrected chi connectivity index (χ4v) is 3.94. The molecule has 1 N–H and O–H groups in total. The van der Waals surface area contributed by atoms with Crippen LogP contribution in [0.25, 0.3) is 0 Å². The number of nitrogens with zero attached hydrogens (tertiary/aromatic N) is 1. The smallest absolute Gasteiger partial charge is 0.303 e. The van der Waals surface area contributed by atoms with Gasteiger partial charge < -0.3 is 5.11 Å². The van der Waals surface area contributed by atoms with Crippen LogP contribution in [0.2, 0.25) is 0 Å². The molecular weight excluding hydrogens is 226 g/mol. The molecule has 2 aliphatic heterocycles. The third-order valence-corrected chi connectivity index (χ3v) is 5.07. The van der Waals surface area contributed by atoms with Crippen molar-refractivity contribution >= 4 is 5.97 Å². The van der Waals surface area contributed by atoms with Gasteiger partial charge in [0.25, 0.3) is 0 Å². The van der Waals surface area contributed by atoms with E-state index in [0.717, 1.165) is 18.8 Å². The molecule has 2 rings (SSSR count). The van der Waals surface area contributed by atoms with Crippen LogP contribution in [-0.4, -0.2) is 34.6 Å². The minimum atomic E-state index is -0.618. The fraction of sp³-hybridized carbons (Fsp3) is 0.933. The van der Waals surface area contributed by atoms with Crippen molar-refractivity contribution in [1.82, 2.24) is 4.90 Å². The molecule has 0 spiro atoms. The fourth-order valence-electron chi connectivity index (χ4n) is 3.94. The molecule has 2 fully saturated rings. The van der Waals surface area contributed by atoms with Gasteiger partial charge in [-0.1, -0.05) is 26.7 Å². The molecule has 2 atom stereocenters. The summed E-state index contributed by atoms with van der Waals surface area (Å²) < 4.78 is 0. The van der Waals surface area contributed by atoms with E-state index in [9.17, 15) is 4.79 Å². The van der Waals surface area contributed by atoms with Crippen LogP contribution >= 0.6 is 0 Å². The van der Waals surface area contributed by atoms with Gasteiger partial charge in [0.2, 0.25) is 0 Å². The van der Waals surface area contributed by atoms with E-state index in [0.29, 0.717) is 24.4 Å². The lowest BCUT2D eigenvalue weighted by molar-refractivity contribution is -0.138. The lowest BCUT2D eigenvalue weighted by Crippen LogP contribution is -2.45. The molecule has 0 aromatic rings. The molecule has 2 saturated heterocycles. The van der Waals surface area contributed by atoms with Gasteiger partial charge in [0.05, 0.1) is 0 Å². The van der Waals surface area contributed by atoms with E-state index < -0.39 is 5.97 Å². The first-order valence-electron chi connectivity index (χ1n) is 7.61. The first-order valence-corrected chi connectivity index (χ1v) is 7.61. The van der Waals surface area contributed by atoms with Gasteiger partial charge in [-0.3, -0.25) is 9.69 Å². The van der Waals surface area contributed by atoms with Crippen LogP contribution in [0.4, 0.5) is 0 Å². The Hall–Kier alpha value is -0.570. The van der Waals surface area contributed by atoms with Gasteiger partial charge in [-0.2, -0.15) is 0 Å². The van der Waals surface area contributed by atoms with Crippen molar-refractivity contribution in [3.63, 3.8) is 0 Å². The van der Waals surface area contributed by atoms with Gasteiger partial charge >= 0.3 is 5.97 Å². The summed E-state index contributed by atoms with van der Waals surface area (Å²) in [5.41, 5.74) is 0. The SMILES string of the molecule is CCC(CC)CN1C2CCC1CC(CC(=O)O)C2. The van der Waals surface area contributed by atoms with Crippen molar-refractivity contribution in [2.45, 2.75) is 70.9 Å². The van der Waals surface area contributed by atoms with Crippen LogP contribution in [0.1, 0.15) is 58.8 Å². The number of carbonyl (C=O) groups is 1. The Morgan fingerprint density at radius 2 is 1.78 bits per heavy atom. The standard InChI is InChI=1S/C15H27NO2/c1-3-11(4-2)10-16-13-5-6-14(16)8-12(7-13)9-15(17)18/h11-14H,3-10H2,1-2H3,(H,17,18). The molecule has 3 nitrogen and oxygen atoms in total. The third kappa shape index (κ3) is 3.05. The third-order valence-electron chi connectivity index (χ3n) is 5.07. The predicted octanol–water partition coefficient (Wildman–Crippen LogP) is 3.14. The number of rotatable bonds is 6. The van der Waals surface area contributed by atoms with Gasteiger partial charge in [-0.05, 0) is 37.5 Å². The molecule has 2 unspecified atom stereocenters. The normalized spacial score (nSPS) is 32.1. The summed E-state index contributed by atoms with van der Waals surface area (Å²) >= 11 is 0. The number of fused-ring (bicyclic) bond motifs is 2. The largest absolute Gasteiger partial charge is 0.481 e. The summed E-state index contributed by atoms with van der Waals surface area (Å²) in [5, 5.41) is 8.93. The molecule has 2 aliphatic rings. The lowest BCUT2D eigenvalue weighted by atomic mass is 9.87. The van der Waals surface area contributed by atoms with Crippen LogP contribution < -0.4 is 0 Å². The number of hydrogen-bond donors (Lipinski definition) is 1. The highest BCUT2D eigenvalue weighted by Crippen LogP contribution is 2.40. The summed E-state index contributed by atoms with van der Waals surface area (Å²) in [7, 11) is 0. The Morgan fingerprint density at radius 1 is 1.22 bits per heavy atom. The van der Waals surface area contributed by atoms with Crippen LogP contribution in [0.15, 0.2) is 0 Å². The van der Waals surface area contributed by atoms with Crippen LogP contribution in [-0.2, 0) is 4.79 Å². The minimum absolute atomic E-state index is 0.381. The molecule has 18 heavy (non-hydrogen) atoms. The van der Waals surface area contributed by atoms with Crippen LogP contribution in [0.5, 0.6) is 0 Å². The maximum atomic E-state index is 10.8. The van der Waals surface area contributed by atoms with Gasteiger partial charge in [0.1, 0.15) is 0 Å². The van der Waals surface area contributed by atoms with E-state index in [1.807, 2.05) is 0 Å². The Kier molecular flexibility index (Phi) is 4.66. The molecule has 104 valence electrons. The van der Waals surface area contributed by atoms with E-state index >= 15 is 0 Å². The number of aliphatic carboxylic acids is 1. The Morgan fingerprint density at radius 3 is 2.22 bits per heavy atom. The van der Waals surface area contributed by atoms with Crippen molar-refractivity contribution in [3.05, 3.63) is 0 Å². The average Bonchev–Trinajstić information content (AvgIpc) is 2.57. The topological polar surface area (TPSA) is 40.5 Å². The molecule has 0 amide bonds. The Labute approximate surface area is 111 Å². The maximum Gasteiger partial charge on any atom is 0.303 e. The molecule has 0 saturated carbocycles. The van der Waals surface area contributed by atoms with Crippen molar-refractivity contribution in [2.24, 2.45) is 11.8 Å². The zero-order valence-corrected chi connectivity index (χ0v) is 11.8. The Bertz CT molecular complexity index is 274. The second kappa shape index (κ2) is 6.05. The highest BCUT2D eigenvalue weighted by molar-refractivity contribution is 5.67. The monoisotopic (exact) mass is 253 g/mol. The molecule has 3 heteroatoms. The highest BCUT2D eigenvalue weighted by Gasteiger charge is 2.41. The van der Waals surface area contributed by atoms with Gasteiger partial charge in [-0.15, -0.1) is 0 Å². The number of carboxylic acid groups (broad SMARTS) is 1. The van der Waals surface area contributed by atoms with E-state index in [-0.39, 0.29) is 0 Å². The summed E-state index contributed by atoms with van der Waals surface area (Å²) in [6.07, 6.45) is 7.73. The second-order valence-corrected chi connectivity index (χ2v) is 6.20. The summed E-state index contributed by atoms with van der Waals surface area (Å²) in [6.45, 7) is 5.81. The van der Waals surface area contributed by atoms with Gasteiger partial charge in [0.15, 0.2) is 0 Å². The van der Waals surface area contributed by atoms with Crippen molar-refractivity contribution < 1.29 is 9.90 Å². The number of carboxylic acids is 1. The molecule has 2 bridgehead atoms. The van der Waals surface area contributed by atoms with E-state index in [1.165, 1.54) is 32.2 Å². The minimum Gasteiger partial charge on any atom is -0.481 e. The lowest BCUT2D eigenvalue weighted by Gasteiger charge is -2.40. The molecule has 0 radical (unpaired) electrons. The predicted molar refractivity (Wildman–Crippen MR) is 72.6 cm³/mol. The van der Waals surface area contributed by atoms with Crippen LogP contribution in [0, 0.1) is 11.8 Å². The summed E-state index contributed by atoms with van der Waals surface area (Å²) in [5.74, 6) is 0.634. The van der Waals surface area contributed by atoms with Crippen molar-refractivity contribution in [1.29, 1.82) is 0 Å². The zero-order chi connectivity index (χ0) is 13.1. The molecule has 0 aromatic heterocycles. The highest BCUT2D eigenvalue weighted by atomic mass is 16.4. The van der Waals surface area contributed by atoms with Crippen molar-refractivity contribution in [3.8, 4) is 0 Å². The quantitative estimate of drug-likeness (QED) is 0.790. The van der Waals surface area contributed by atoms with Crippen molar-refractivity contribution in [2.75, 3.05) is 6.54 Å². The second-order valence-electron chi connectivity index (χ2n) is 6.20. The Balaban J connectivity index is 1.91. The van der Waals surface area contributed by atoms with E-state index in [2.05, 4.69) is 18.7 Å². The van der Waals surface area contributed by atoms with Gasteiger partial charge in [0, 0.05) is 25.0 Å². The summed E-state index contributed by atoms with van der Waals surface area (Å²) in [6, 6.07) is 1.35. The number of piperidine rings is 1. The summed E-state index contributed by atoms with van der Waals surface area (Å²) in [4.78, 5) is 13.5. The van der Waals surface area contributed by atoms with Gasteiger partial charge in [-0.25, -0.2) is 0 Å². The van der Waals surface area contributed by atoms with Crippen LogP contribution in [0.3, 0.4) is 0 Å². The maximum absolute atomic E-state index is 10.8. The van der Waals surface area contributed by atoms with E-state index in [4.69, 9.17) is 5.11 Å². The first kappa shape index (κ1) is 13.9. The average molecular weight is 253 g/mol. The van der Waals surface area contributed by atoms with E-state index in [1.54, 1.807) is 0 Å². The molecule has 0 aliphatic carbocycles. The molecule has 2 heterocycles. The first-order chi connectivity index (χ1) is 8.63. The molecule has 0 aromatic carbocycles.